The molecule has 4 rings (SSSR count). The van der Waals surface area contributed by atoms with Gasteiger partial charge in [0.05, 0.1) is 12.7 Å². The van der Waals surface area contributed by atoms with Gasteiger partial charge in [-0.1, -0.05) is 30.3 Å². The van der Waals surface area contributed by atoms with Crippen molar-refractivity contribution in [2.24, 2.45) is 0 Å². The lowest BCUT2D eigenvalue weighted by Crippen LogP contribution is -2.52. The molecule has 5 unspecified atom stereocenters. The summed E-state index contributed by atoms with van der Waals surface area (Å²) >= 11 is 0. The molecule has 0 aromatic heterocycles. The van der Waals surface area contributed by atoms with Crippen LogP contribution in [0.1, 0.15) is 39.7 Å². The van der Waals surface area contributed by atoms with E-state index in [2.05, 4.69) is 39.8 Å². The van der Waals surface area contributed by atoms with Crippen LogP contribution < -0.4 is 0 Å². The zero-order valence-electron chi connectivity index (χ0n) is 12.6. The van der Waals surface area contributed by atoms with E-state index in [4.69, 9.17) is 14.2 Å². The van der Waals surface area contributed by atoms with E-state index in [1.807, 2.05) is 18.2 Å². The first kappa shape index (κ1) is 12.8. The van der Waals surface area contributed by atoms with Gasteiger partial charge >= 0.3 is 0 Å². The van der Waals surface area contributed by atoms with Crippen LogP contribution in [-0.2, 0) is 20.8 Å². The Labute approximate surface area is 120 Å². The van der Waals surface area contributed by atoms with Crippen molar-refractivity contribution in [3.05, 3.63) is 35.9 Å². The van der Waals surface area contributed by atoms with Crippen molar-refractivity contribution in [3.63, 3.8) is 0 Å². The lowest BCUT2D eigenvalue weighted by molar-refractivity contribution is -0.152. The van der Waals surface area contributed by atoms with Gasteiger partial charge in [-0.05, 0) is 33.3 Å². The average molecular weight is 274 g/mol. The van der Waals surface area contributed by atoms with Gasteiger partial charge in [0.1, 0.15) is 22.4 Å². The van der Waals surface area contributed by atoms with Gasteiger partial charge in [-0.3, -0.25) is 0 Å². The van der Waals surface area contributed by atoms with E-state index in [1.54, 1.807) is 0 Å². The first-order valence-corrected chi connectivity index (χ1v) is 7.41. The summed E-state index contributed by atoms with van der Waals surface area (Å²) in [5.74, 6) is 0. The van der Waals surface area contributed by atoms with E-state index in [9.17, 15) is 0 Å². The highest BCUT2D eigenvalue weighted by Crippen LogP contribution is 2.74. The van der Waals surface area contributed by atoms with Gasteiger partial charge in [0, 0.05) is 6.42 Å². The molecule has 0 aliphatic carbocycles. The van der Waals surface area contributed by atoms with E-state index in [1.165, 1.54) is 5.56 Å². The predicted molar refractivity (Wildman–Crippen MR) is 75.4 cm³/mol. The van der Waals surface area contributed by atoms with Crippen molar-refractivity contribution >= 4 is 0 Å². The fraction of sp³-hybridized carbons (Fsp3) is 0.647. The van der Waals surface area contributed by atoms with Crippen molar-refractivity contribution in [3.8, 4) is 0 Å². The highest BCUT2D eigenvalue weighted by molar-refractivity contribution is 5.38. The largest absolute Gasteiger partial charge is 0.370 e. The molecule has 1 aromatic carbocycles. The molecule has 0 amide bonds. The van der Waals surface area contributed by atoms with Crippen LogP contribution in [-0.4, -0.2) is 28.5 Å². The minimum Gasteiger partial charge on any atom is -0.370 e. The molecule has 2 bridgehead atoms. The fourth-order valence-corrected chi connectivity index (χ4v) is 4.38. The molecule has 0 radical (unpaired) electrons. The molecule has 3 aliphatic heterocycles. The van der Waals surface area contributed by atoms with Gasteiger partial charge in [0.25, 0.3) is 0 Å². The lowest BCUT2D eigenvalue weighted by atomic mass is 9.68. The zero-order valence-corrected chi connectivity index (χ0v) is 12.6. The monoisotopic (exact) mass is 274 g/mol. The molecule has 108 valence electrons. The maximum absolute atomic E-state index is 6.37. The molecule has 5 atom stereocenters. The minimum atomic E-state index is -0.342. The third kappa shape index (κ3) is 1.23. The Hall–Kier alpha value is -0.900. The molecule has 0 spiro atoms. The molecule has 0 saturated carbocycles. The van der Waals surface area contributed by atoms with Gasteiger partial charge in [-0.25, -0.2) is 0 Å². The number of benzene rings is 1. The van der Waals surface area contributed by atoms with Crippen LogP contribution in [0.25, 0.3) is 0 Å². The molecule has 20 heavy (non-hydrogen) atoms. The van der Waals surface area contributed by atoms with Crippen LogP contribution in [0, 0.1) is 0 Å². The van der Waals surface area contributed by atoms with Crippen LogP contribution in [0.5, 0.6) is 0 Å². The van der Waals surface area contributed by atoms with Crippen LogP contribution in [0.3, 0.4) is 0 Å². The van der Waals surface area contributed by atoms with E-state index in [0.29, 0.717) is 6.61 Å². The number of rotatable bonds is 3. The molecular formula is C17H22O3. The maximum atomic E-state index is 6.37. The molecule has 3 heterocycles. The van der Waals surface area contributed by atoms with Crippen molar-refractivity contribution < 1.29 is 14.2 Å². The smallest absolute Gasteiger partial charge is 0.129 e. The Bertz CT molecular complexity index is 553. The highest BCUT2D eigenvalue weighted by atomic mass is 16.7. The Kier molecular flexibility index (Phi) is 2.22. The second kappa shape index (κ2) is 3.46. The van der Waals surface area contributed by atoms with Gasteiger partial charge < -0.3 is 14.2 Å². The average Bonchev–Trinajstić information content (AvgIpc) is 2.86. The Balaban J connectivity index is 1.55. The predicted octanol–water partition coefficient (Wildman–Crippen LogP) is 3.07. The Morgan fingerprint density at radius 3 is 2.35 bits per heavy atom. The van der Waals surface area contributed by atoms with Crippen LogP contribution in [0.2, 0.25) is 0 Å². The lowest BCUT2D eigenvalue weighted by Gasteiger charge is -2.34. The summed E-state index contributed by atoms with van der Waals surface area (Å²) in [5.41, 5.74) is 0.271. The van der Waals surface area contributed by atoms with Crippen molar-refractivity contribution in [2.45, 2.75) is 69.2 Å². The van der Waals surface area contributed by atoms with Crippen LogP contribution in [0.4, 0.5) is 0 Å². The molecule has 3 aliphatic rings. The summed E-state index contributed by atoms with van der Waals surface area (Å²) in [4.78, 5) is 0. The van der Waals surface area contributed by atoms with Crippen molar-refractivity contribution in [2.75, 3.05) is 0 Å². The summed E-state index contributed by atoms with van der Waals surface area (Å²) in [6, 6.07) is 10.3. The van der Waals surface area contributed by atoms with E-state index in [-0.39, 0.29) is 28.5 Å². The van der Waals surface area contributed by atoms with E-state index in [0.717, 1.165) is 6.42 Å². The van der Waals surface area contributed by atoms with E-state index < -0.39 is 0 Å². The molecule has 3 fully saturated rings. The second-order valence-electron chi connectivity index (χ2n) is 7.10. The van der Waals surface area contributed by atoms with Gasteiger partial charge in [-0.15, -0.1) is 0 Å². The van der Waals surface area contributed by atoms with Gasteiger partial charge in [0.2, 0.25) is 0 Å². The molecule has 3 saturated heterocycles. The number of hydrogen-bond donors (Lipinski definition) is 0. The van der Waals surface area contributed by atoms with Gasteiger partial charge in [0.15, 0.2) is 0 Å². The van der Waals surface area contributed by atoms with Crippen molar-refractivity contribution in [1.82, 2.24) is 0 Å². The topological polar surface area (TPSA) is 31.0 Å². The summed E-state index contributed by atoms with van der Waals surface area (Å²) in [6.07, 6.45) is 0.996. The fourth-order valence-electron chi connectivity index (χ4n) is 4.38. The Morgan fingerprint density at radius 2 is 1.75 bits per heavy atom. The number of ether oxygens (including phenoxy) is 3. The molecule has 3 heteroatoms. The highest BCUT2D eigenvalue weighted by Gasteiger charge is 2.91. The van der Waals surface area contributed by atoms with Gasteiger partial charge in [-0.2, -0.15) is 0 Å². The normalized spacial score (nSPS) is 52.1. The van der Waals surface area contributed by atoms with Crippen LogP contribution in [0.15, 0.2) is 30.3 Å². The summed E-state index contributed by atoms with van der Waals surface area (Å²) < 4.78 is 18.7. The first-order chi connectivity index (χ1) is 9.35. The second-order valence-corrected chi connectivity index (χ2v) is 7.10. The van der Waals surface area contributed by atoms with Crippen LogP contribution >= 0.6 is 0 Å². The summed E-state index contributed by atoms with van der Waals surface area (Å²) in [6.45, 7) is 9.27. The quantitative estimate of drug-likeness (QED) is 0.794. The van der Waals surface area contributed by atoms with E-state index >= 15 is 0 Å². The standard InChI is InChI=1S/C17H22O3/c1-14-10-13(18-11-12-8-6-5-7-9-12)15(2,19-14)17(4)16(14,3)20-17/h5-9,13H,10-11H2,1-4H3. The first-order valence-electron chi connectivity index (χ1n) is 7.41. The SMILES string of the molecule is CC12CC(OCc3ccccc3)C(C)(O1)C1(C)OC21C. The molecule has 1 aromatic rings. The van der Waals surface area contributed by atoms with Crippen molar-refractivity contribution in [1.29, 1.82) is 0 Å². The Morgan fingerprint density at radius 1 is 1.05 bits per heavy atom. The summed E-state index contributed by atoms with van der Waals surface area (Å²) in [5, 5.41) is 0. The number of epoxide rings is 1. The third-order valence-electron chi connectivity index (χ3n) is 6.15. The molecule has 0 N–H and O–H groups in total. The number of fused-ring (bicyclic) bond motifs is 5. The number of hydrogen-bond acceptors (Lipinski definition) is 3. The summed E-state index contributed by atoms with van der Waals surface area (Å²) in [7, 11) is 0. The minimum absolute atomic E-state index is 0.0910. The zero-order chi connectivity index (χ0) is 14.2. The molecule has 3 nitrogen and oxygen atoms in total. The maximum Gasteiger partial charge on any atom is 0.129 e. The molecular weight excluding hydrogens is 252 g/mol. The third-order valence-corrected chi connectivity index (χ3v) is 6.15.